The first-order valence-electron chi connectivity index (χ1n) is 14.8. The topological polar surface area (TPSA) is 47.6 Å². The van der Waals surface area contributed by atoms with Crippen LogP contribution in [0.15, 0.2) is 109 Å². The molecule has 1 aliphatic heterocycles. The van der Waals surface area contributed by atoms with Crippen LogP contribution in [0.4, 0.5) is 5.82 Å². The fourth-order valence-electron chi connectivity index (χ4n) is 6.62. The zero-order valence-corrected chi connectivity index (χ0v) is 24.9. The molecule has 5 nitrogen and oxygen atoms in total. The molecular formula is C37H32ClN5. The summed E-state index contributed by atoms with van der Waals surface area (Å²) >= 11 is 6.79. The number of nitrogens with zero attached hydrogens (tertiary/aromatic N) is 5. The SMILES string of the molecule is Cc1c(Cc2ccccc2)c(N2CCN([C@@H](c3ccccc3)c3ccccc3Cl)CC2)n2c(nc3ccccc32)c1C#N. The Morgan fingerprint density at radius 2 is 1.47 bits per heavy atom. The Hall–Kier alpha value is -4.63. The summed E-state index contributed by atoms with van der Waals surface area (Å²) < 4.78 is 2.23. The predicted octanol–water partition coefficient (Wildman–Crippen LogP) is 7.82. The highest BCUT2D eigenvalue weighted by atomic mass is 35.5. The molecule has 1 aliphatic rings. The van der Waals surface area contributed by atoms with Crippen molar-refractivity contribution in [3.05, 3.63) is 148 Å². The summed E-state index contributed by atoms with van der Waals surface area (Å²) in [6.45, 7) is 5.48. The fraction of sp³-hybridized carbons (Fsp3) is 0.189. The number of benzene rings is 4. The molecule has 212 valence electrons. The van der Waals surface area contributed by atoms with Crippen LogP contribution in [0, 0.1) is 18.3 Å². The van der Waals surface area contributed by atoms with Crippen LogP contribution < -0.4 is 4.90 Å². The van der Waals surface area contributed by atoms with E-state index >= 15 is 0 Å². The first-order chi connectivity index (χ1) is 21.1. The first-order valence-corrected chi connectivity index (χ1v) is 15.2. The van der Waals surface area contributed by atoms with Gasteiger partial charge in [-0.05, 0) is 47.4 Å². The number of nitriles is 1. The van der Waals surface area contributed by atoms with E-state index < -0.39 is 0 Å². The molecule has 0 unspecified atom stereocenters. The van der Waals surface area contributed by atoms with Crippen LogP contribution in [0.1, 0.15) is 39.4 Å². The molecule has 1 fully saturated rings. The fourth-order valence-corrected chi connectivity index (χ4v) is 6.86. The lowest BCUT2D eigenvalue weighted by molar-refractivity contribution is 0.212. The maximum atomic E-state index is 10.3. The minimum Gasteiger partial charge on any atom is -0.355 e. The van der Waals surface area contributed by atoms with Gasteiger partial charge in [0.15, 0.2) is 5.65 Å². The van der Waals surface area contributed by atoms with Gasteiger partial charge in [-0.25, -0.2) is 4.98 Å². The monoisotopic (exact) mass is 581 g/mol. The van der Waals surface area contributed by atoms with Gasteiger partial charge in [0.25, 0.3) is 0 Å². The summed E-state index contributed by atoms with van der Waals surface area (Å²) in [5, 5.41) is 11.1. The average molecular weight is 582 g/mol. The molecule has 3 heterocycles. The van der Waals surface area contributed by atoms with Crippen molar-refractivity contribution in [2.75, 3.05) is 31.1 Å². The van der Waals surface area contributed by atoms with Gasteiger partial charge in [-0.2, -0.15) is 5.26 Å². The summed E-state index contributed by atoms with van der Waals surface area (Å²) in [5.74, 6) is 1.14. The number of fused-ring (bicyclic) bond motifs is 3. The molecule has 6 aromatic rings. The van der Waals surface area contributed by atoms with E-state index in [9.17, 15) is 5.26 Å². The van der Waals surface area contributed by atoms with Gasteiger partial charge in [-0.1, -0.05) is 103 Å². The molecule has 6 heteroatoms. The molecule has 1 saturated heterocycles. The summed E-state index contributed by atoms with van der Waals surface area (Å²) in [6.07, 6.45) is 0.742. The maximum Gasteiger partial charge on any atom is 0.157 e. The molecule has 0 N–H and O–H groups in total. The van der Waals surface area contributed by atoms with Crippen molar-refractivity contribution in [3.63, 3.8) is 0 Å². The molecule has 43 heavy (non-hydrogen) atoms. The van der Waals surface area contributed by atoms with E-state index in [0.29, 0.717) is 5.56 Å². The maximum absolute atomic E-state index is 10.3. The van der Waals surface area contributed by atoms with E-state index in [-0.39, 0.29) is 6.04 Å². The third-order valence-electron chi connectivity index (χ3n) is 8.72. The van der Waals surface area contributed by atoms with Crippen molar-refractivity contribution >= 4 is 34.1 Å². The Labute approximate surface area is 257 Å². The zero-order valence-electron chi connectivity index (χ0n) is 24.1. The van der Waals surface area contributed by atoms with Gasteiger partial charge in [0.05, 0.1) is 22.6 Å². The van der Waals surface area contributed by atoms with Crippen LogP contribution in [-0.2, 0) is 6.42 Å². The third kappa shape index (κ3) is 4.93. The van der Waals surface area contributed by atoms with E-state index in [2.05, 4.69) is 106 Å². The molecule has 0 amide bonds. The number of para-hydroxylation sites is 2. The van der Waals surface area contributed by atoms with Gasteiger partial charge in [0.2, 0.25) is 0 Å². The van der Waals surface area contributed by atoms with E-state index in [1.54, 1.807) is 0 Å². The molecule has 0 aliphatic carbocycles. The second-order valence-electron chi connectivity index (χ2n) is 11.2. The Balaban J connectivity index is 1.33. The van der Waals surface area contributed by atoms with Gasteiger partial charge in [0, 0.05) is 43.2 Å². The van der Waals surface area contributed by atoms with Gasteiger partial charge in [-0.15, -0.1) is 0 Å². The zero-order chi connectivity index (χ0) is 29.3. The van der Waals surface area contributed by atoms with Crippen LogP contribution in [0.25, 0.3) is 16.7 Å². The molecule has 0 spiro atoms. The molecule has 0 bridgehead atoms. The van der Waals surface area contributed by atoms with Crippen LogP contribution in [0.3, 0.4) is 0 Å². The summed E-state index contributed by atoms with van der Waals surface area (Å²) in [6, 6.07) is 40.2. The van der Waals surface area contributed by atoms with E-state index in [1.165, 1.54) is 16.7 Å². The largest absolute Gasteiger partial charge is 0.355 e. The predicted molar refractivity (Wildman–Crippen MR) is 175 cm³/mol. The molecule has 7 rings (SSSR count). The number of hydrogen-bond donors (Lipinski definition) is 0. The smallest absolute Gasteiger partial charge is 0.157 e. The molecular weight excluding hydrogens is 550 g/mol. The Morgan fingerprint density at radius 3 is 2.19 bits per heavy atom. The van der Waals surface area contributed by atoms with E-state index in [4.69, 9.17) is 16.6 Å². The standard InChI is InChI=1S/C37H32ClN5/c1-26-30(24-27-12-4-2-5-13-27)37(43-34-19-11-10-18-33(34)40-36(43)31(26)25-39)42-22-20-41(21-23-42)35(28-14-6-3-7-15-28)29-16-8-9-17-32(29)38/h2-19,35H,20-24H2,1H3/t35-/m0/s1. The number of imidazole rings is 1. The highest BCUT2D eigenvalue weighted by Gasteiger charge is 2.31. The Bertz CT molecular complexity index is 1950. The quantitative estimate of drug-likeness (QED) is 0.201. The Kier molecular flexibility index (Phi) is 7.32. The van der Waals surface area contributed by atoms with E-state index in [1.807, 2.05) is 30.3 Å². The molecule has 0 saturated carbocycles. The third-order valence-corrected chi connectivity index (χ3v) is 9.07. The van der Waals surface area contributed by atoms with Crippen molar-refractivity contribution in [2.45, 2.75) is 19.4 Å². The van der Waals surface area contributed by atoms with Gasteiger partial charge >= 0.3 is 0 Å². The number of pyridine rings is 1. The second kappa shape index (κ2) is 11.6. The van der Waals surface area contributed by atoms with Crippen LogP contribution in [-0.4, -0.2) is 40.5 Å². The van der Waals surface area contributed by atoms with E-state index in [0.717, 1.165) is 71.2 Å². The minimum absolute atomic E-state index is 0.0673. The average Bonchev–Trinajstić information content (AvgIpc) is 3.43. The van der Waals surface area contributed by atoms with Crippen LogP contribution >= 0.6 is 11.6 Å². The molecule has 0 radical (unpaired) electrons. The summed E-state index contributed by atoms with van der Waals surface area (Å²) in [7, 11) is 0. The second-order valence-corrected chi connectivity index (χ2v) is 11.6. The molecule has 1 atom stereocenters. The lowest BCUT2D eigenvalue weighted by Crippen LogP contribution is -2.48. The highest BCUT2D eigenvalue weighted by Crippen LogP contribution is 2.38. The van der Waals surface area contributed by atoms with Crippen molar-refractivity contribution in [1.82, 2.24) is 14.3 Å². The summed E-state index contributed by atoms with van der Waals surface area (Å²) in [4.78, 5) is 10.0. The molecule has 2 aromatic heterocycles. The van der Waals surface area contributed by atoms with Gasteiger partial charge in [-0.3, -0.25) is 9.30 Å². The lowest BCUT2D eigenvalue weighted by atomic mass is 9.95. The number of rotatable bonds is 6. The summed E-state index contributed by atoms with van der Waals surface area (Å²) in [5.41, 5.74) is 9.08. The van der Waals surface area contributed by atoms with Crippen molar-refractivity contribution in [1.29, 1.82) is 5.26 Å². The highest BCUT2D eigenvalue weighted by molar-refractivity contribution is 6.31. The minimum atomic E-state index is 0.0673. The van der Waals surface area contributed by atoms with Crippen LogP contribution in [0.2, 0.25) is 5.02 Å². The van der Waals surface area contributed by atoms with Crippen molar-refractivity contribution in [2.24, 2.45) is 0 Å². The number of hydrogen-bond acceptors (Lipinski definition) is 4. The lowest BCUT2D eigenvalue weighted by Gasteiger charge is -2.41. The number of aromatic nitrogens is 2. The number of halogens is 1. The van der Waals surface area contributed by atoms with Crippen molar-refractivity contribution in [3.8, 4) is 6.07 Å². The molecule has 4 aromatic carbocycles. The first kappa shape index (κ1) is 27.2. The number of anilines is 1. The number of piperazine rings is 1. The van der Waals surface area contributed by atoms with Gasteiger partial charge in [0.1, 0.15) is 11.9 Å². The van der Waals surface area contributed by atoms with Crippen LogP contribution in [0.5, 0.6) is 0 Å². The van der Waals surface area contributed by atoms with Gasteiger partial charge < -0.3 is 4.90 Å². The Morgan fingerprint density at radius 1 is 0.814 bits per heavy atom. The van der Waals surface area contributed by atoms with Crippen molar-refractivity contribution < 1.29 is 0 Å². The normalized spacial score (nSPS) is 14.7.